The van der Waals surface area contributed by atoms with Gasteiger partial charge in [-0.05, 0) is 42.0 Å². The number of anilines is 1. The van der Waals surface area contributed by atoms with Crippen molar-refractivity contribution in [3.63, 3.8) is 0 Å². The van der Waals surface area contributed by atoms with E-state index in [4.69, 9.17) is 21.1 Å². The summed E-state index contributed by atoms with van der Waals surface area (Å²) in [7, 11) is 1.61. The number of nitrogens with zero attached hydrogens (tertiary/aromatic N) is 1. The first-order valence-corrected chi connectivity index (χ1v) is 9.34. The molecule has 0 aliphatic carbocycles. The van der Waals surface area contributed by atoms with E-state index in [1.54, 1.807) is 19.4 Å². The smallest absolute Gasteiger partial charge is 0.323 e. The monoisotopic (exact) mass is 480 g/mol. The Morgan fingerprint density at radius 1 is 0.968 bits per heavy atom. The molecule has 164 valence electrons. The number of aromatic amines is 2. The Labute approximate surface area is 196 Å². The standard InChI is InChI=1S/C21H19ClN4O3.2ClH/c1-28-19-8-13(2-6-18(19)29-12-14-3-7-20(22)24-11-14)10-23-15-4-5-16-17(9-15)26-21(27)25-16;;/h2-9,11,23H,10,12H2,1H3,(H2,25,26,27);2*1H/p-2. The molecular weight excluding hydrogens is 463 g/mol. The predicted molar refractivity (Wildman–Crippen MR) is 113 cm³/mol. The number of H-pyrrole nitrogens is 2. The average Bonchev–Trinajstić information content (AvgIpc) is 3.11. The summed E-state index contributed by atoms with van der Waals surface area (Å²) in [5, 5.41) is 3.79. The molecule has 2 heterocycles. The highest BCUT2D eigenvalue weighted by Gasteiger charge is 2.07. The van der Waals surface area contributed by atoms with Crippen LogP contribution in [0, 0.1) is 0 Å². The third-order valence-corrected chi connectivity index (χ3v) is 4.65. The van der Waals surface area contributed by atoms with Crippen LogP contribution >= 0.6 is 11.6 Å². The first kappa shape index (κ1) is 24.4. The van der Waals surface area contributed by atoms with E-state index in [0.29, 0.717) is 29.8 Å². The number of fused-ring (bicyclic) bond motifs is 1. The molecule has 0 aliphatic heterocycles. The molecule has 0 fully saturated rings. The van der Waals surface area contributed by atoms with Crippen molar-refractivity contribution < 1.29 is 34.3 Å². The third kappa shape index (κ3) is 6.07. The SMILES string of the molecule is COc1cc(CNc2ccc3[nH]c(=O)[nH]c3c2)ccc1OCc1ccc(Cl)nc1.[Cl-].[Cl-]. The van der Waals surface area contributed by atoms with Crippen LogP contribution in [0.4, 0.5) is 5.69 Å². The van der Waals surface area contributed by atoms with Crippen LogP contribution in [-0.2, 0) is 13.2 Å². The number of imidazole rings is 1. The van der Waals surface area contributed by atoms with Crippen LogP contribution in [0.15, 0.2) is 59.5 Å². The summed E-state index contributed by atoms with van der Waals surface area (Å²) in [4.78, 5) is 20.9. The molecule has 3 N–H and O–H groups in total. The molecule has 4 rings (SSSR count). The minimum atomic E-state index is -0.216. The number of ether oxygens (including phenoxy) is 2. The van der Waals surface area contributed by atoms with Gasteiger partial charge in [0, 0.05) is 24.0 Å². The van der Waals surface area contributed by atoms with Gasteiger partial charge in [0.1, 0.15) is 11.8 Å². The van der Waals surface area contributed by atoms with E-state index in [2.05, 4.69) is 20.3 Å². The van der Waals surface area contributed by atoms with Gasteiger partial charge in [-0.25, -0.2) is 9.78 Å². The van der Waals surface area contributed by atoms with E-state index in [0.717, 1.165) is 27.8 Å². The van der Waals surface area contributed by atoms with Crippen LogP contribution in [0.25, 0.3) is 11.0 Å². The Balaban J connectivity index is 0.00000171. The summed E-state index contributed by atoms with van der Waals surface area (Å²) in [5.41, 5.74) is 4.18. The summed E-state index contributed by atoms with van der Waals surface area (Å²) in [6.45, 7) is 0.963. The normalized spacial score (nSPS) is 10.1. The number of hydrogen-bond acceptors (Lipinski definition) is 5. The van der Waals surface area contributed by atoms with Crippen molar-refractivity contribution in [3.8, 4) is 11.5 Å². The molecule has 0 aliphatic rings. The molecule has 0 spiro atoms. The lowest BCUT2D eigenvalue weighted by molar-refractivity contribution is -0.001000. The van der Waals surface area contributed by atoms with Gasteiger partial charge in [0.2, 0.25) is 0 Å². The van der Waals surface area contributed by atoms with Crippen LogP contribution in [0.2, 0.25) is 5.15 Å². The minimum Gasteiger partial charge on any atom is -1.00 e. The van der Waals surface area contributed by atoms with Crippen LogP contribution in [0.5, 0.6) is 11.5 Å². The van der Waals surface area contributed by atoms with Crippen molar-refractivity contribution in [1.29, 1.82) is 0 Å². The van der Waals surface area contributed by atoms with Gasteiger partial charge < -0.3 is 49.6 Å². The molecule has 7 nitrogen and oxygen atoms in total. The van der Waals surface area contributed by atoms with Gasteiger partial charge in [-0.15, -0.1) is 0 Å². The lowest BCUT2D eigenvalue weighted by Gasteiger charge is -2.13. The highest BCUT2D eigenvalue weighted by molar-refractivity contribution is 6.29. The van der Waals surface area contributed by atoms with Gasteiger partial charge >= 0.3 is 5.69 Å². The van der Waals surface area contributed by atoms with E-state index < -0.39 is 0 Å². The lowest BCUT2D eigenvalue weighted by atomic mass is 10.2. The van der Waals surface area contributed by atoms with Crippen molar-refractivity contribution in [2.75, 3.05) is 12.4 Å². The predicted octanol–water partition coefficient (Wildman–Crippen LogP) is -1.89. The van der Waals surface area contributed by atoms with Crippen molar-refractivity contribution in [2.45, 2.75) is 13.2 Å². The van der Waals surface area contributed by atoms with Crippen LogP contribution in [0.1, 0.15) is 11.1 Å². The Kier molecular flexibility index (Phi) is 8.62. The van der Waals surface area contributed by atoms with E-state index in [1.165, 1.54) is 0 Å². The van der Waals surface area contributed by atoms with Gasteiger partial charge in [0.05, 0.1) is 18.1 Å². The molecule has 2 aromatic heterocycles. The van der Waals surface area contributed by atoms with E-state index >= 15 is 0 Å². The van der Waals surface area contributed by atoms with E-state index in [9.17, 15) is 4.79 Å². The molecule has 0 atom stereocenters. The largest absolute Gasteiger partial charge is 1.00 e. The van der Waals surface area contributed by atoms with Gasteiger partial charge in [-0.2, -0.15) is 0 Å². The van der Waals surface area contributed by atoms with Crippen molar-refractivity contribution in [1.82, 2.24) is 15.0 Å². The molecular formula is C21H19Cl3N4O3-2. The summed E-state index contributed by atoms with van der Waals surface area (Å²) >= 11 is 5.80. The molecule has 0 radical (unpaired) electrons. The molecule has 0 amide bonds. The number of methoxy groups -OCH3 is 1. The molecule has 10 heteroatoms. The zero-order chi connectivity index (χ0) is 20.2. The topological polar surface area (TPSA) is 92.0 Å². The molecule has 0 bridgehead atoms. The van der Waals surface area contributed by atoms with Crippen LogP contribution < -0.4 is 45.3 Å². The quantitative estimate of drug-likeness (QED) is 0.269. The Morgan fingerprint density at radius 3 is 2.48 bits per heavy atom. The number of hydrogen-bond donors (Lipinski definition) is 3. The highest BCUT2D eigenvalue weighted by Crippen LogP contribution is 2.29. The molecule has 2 aromatic carbocycles. The summed E-state index contributed by atoms with van der Waals surface area (Å²) < 4.78 is 11.3. The molecule has 31 heavy (non-hydrogen) atoms. The summed E-state index contributed by atoms with van der Waals surface area (Å²) in [6.07, 6.45) is 1.68. The highest BCUT2D eigenvalue weighted by atomic mass is 35.5. The van der Waals surface area contributed by atoms with Gasteiger partial charge in [0.25, 0.3) is 0 Å². The maximum atomic E-state index is 11.4. The fraction of sp³-hybridized carbons (Fsp3) is 0.143. The Morgan fingerprint density at radius 2 is 1.74 bits per heavy atom. The molecule has 0 saturated heterocycles. The second-order valence-corrected chi connectivity index (χ2v) is 6.84. The van der Waals surface area contributed by atoms with E-state index in [-0.39, 0.29) is 30.5 Å². The van der Waals surface area contributed by atoms with Crippen LogP contribution in [0.3, 0.4) is 0 Å². The molecule has 4 aromatic rings. The fourth-order valence-electron chi connectivity index (χ4n) is 2.94. The number of halogens is 3. The minimum absolute atomic E-state index is 0. The number of nitrogens with one attached hydrogen (secondary N) is 3. The maximum absolute atomic E-state index is 11.4. The summed E-state index contributed by atoms with van der Waals surface area (Å²) in [5.74, 6) is 1.30. The Bertz CT molecular complexity index is 1190. The Hall–Kier alpha value is -2.87. The summed E-state index contributed by atoms with van der Waals surface area (Å²) in [6, 6.07) is 15.1. The molecule has 0 saturated carbocycles. The van der Waals surface area contributed by atoms with Gasteiger partial charge in [0.15, 0.2) is 11.5 Å². The second-order valence-electron chi connectivity index (χ2n) is 6.46. The number of rotatable bonds is 7. The number of pyridine rings is 1. The lowest BCUT2D eigenvalue weighted by Crippen LogP contribution is -3.00. The number of aromatic nitrogens is 3. The zero-order valence-corrected chi connectivity index (χ0v) is 18.7. The molecule has 0 unspecified atom stereocenters. The first-order valence-electron chi connectivity index (χ1n) is 8.97. The van der Waals surface area contributed by atoms with Crippen molar-refractivity contribution in [2.24, 2.45) is 0 Å². The third-order valence-electron chi connectivity index (χ3n) is 4.42. The van der Waals surface area contributed by atoms with E-state index in [1.807, 2.05) is 42.5 Å². The first-order chi connectivity index (χ1) is 14.1. The number of benzene rings is 2. The maximum Gasteiger partial charge on any atom is 0.323 e. The van der Waals surface area contributed by atoms with Crippen LogP contribution in [-0.4, -0.2) is 22.1 Å². The van der Waals surface area contributed by atoms with Crippen molar-refractivity contribution in [3.05, 3.63) is 81.5 Å². The van der Waals surface area contributed by atoms with Gasteiger partial charge in [-0.3, -0.25) is 0 Å². The average molecular weight is 482 g/mol. The second kappa shape index (κ2) is 10.9. The van der Waals surface area contributed by atoms with Crippen molar-refractivity contribution >= 4 is 28.3 Å². The zero-order valence-electron chi connectivity index (χ0n) is 16.4. The van der Waals surface area contributed by atoms with Gasteiger partial charge in [-0.1, -0.05) is 23.7 Å². The fourth-order valence-corrected chi connectivity index (χ4v) is 3.05.